The van der Waals surface area contributed by atoms with Crippen LogP contribution in [0.15, 0.2) is 60.7 Å². The lowest BCUT2D eigenvalue weighted by Gasteiger charge is -2.31. The number of ketones is 1. The van der Waals surface area contributed by atoms with Crippen molar-refractivity contribution in [2.75, 3.05) is 46.0 Å². The molecule has 2 aliphatic rings. The van der Waals surface area contributed by atoms with Gasteiger partial charge in [0.05, 0.1) is 24.8 Å². The molecule has 0 aromatic heterocycles. The van der Waals surface area contributed by atoms with E-state index in [0.717, 1.165) is 18.7 Å². The lowest BCUT2D eigenvalue weighted by Crippen LogP contribution is -2.42. The Hall–Kier alpha value is -3.49. The molecule has 184 valence electrons. The van der Waals surface area contributed by atoms with Gasteiger partial charge in [-0.05, 0) is 48.4 Å². The smallest absolute Gasteiger partial charge is 0.295 e. The van der Waals surface area contributed by atoms with Crippen LogP contribution in [0.25, 0.3) is 5.76 Å². The maximum absolute atomic E-state index is 13.7. The number of likely N-dealkylation sites (tertiary alicyclic amines) is 1. The Labute approximate surface area is 204 Å². The van der Waals surface area contributed by atoms with E-state index in [2.05, 4.69) is 11.5 Å². The van der Waals surface area contributed by atoms with Crippen molar-refractivity contribution in [2.24, 2.45) is 0 Å². The third-order valence-corrected chi connectivity index (χ3v) is 6.29. The molecule has 7 nitrogen and oxygen atoms in total. The molecule has 0 radical (unpaired) electrons. The highest BCUT2D eigenvalue weighted by Crippen LogP contribution is 2.39. The number of benzene rings is 2. The first-order valence-electron chi connectivity index (χ1n) is 11.6. The van der Waals surface area contributed by atoms with Crippen LogP contribution in [0.5, 0.6) is 5.75 Å². The summed E-state index contributed by atoms with van der Waals surface area (Å²) in [7, 11) is 0. The maximum atomic E-state index is 13.7. The van der Waals surface area contributed by atoms with Gasteiger partial charge in [0.2, 0.25) is 0 Å². The fraction of sp³-hybridized carbons (Fsp3) is 0.333. The quantitative estimate of drug-likeness (QED) is 0.270. The van der Waals surface area contributed by atoms with Crippen molar-refractivity contribution >= 4 is 17.4 Å². The third-order valence-electron chi connectivity index (χ3n) is 6.29. The zero-order valence-electron chi connectivity index (χ0n) is 19.7. The summed E-state index contributed by atoms with van der Waals surface area (Å²) in [5.41, 5.74) is 1.70. The summed E-state index contributed by atoms with van der Waals surface area (Å²) in [4.78, 5) is 29.9. The fourth-order valence-electron chi connectivity index (χ4n) is 4.44. The van der Waals surface area contributed by atoms with E-state index < -0.39 is 23.5 Å². The Kier molecular flexibility index (Phi) is 7.63. The van der Waals surface area contributed by atoms with E-state index in [1.165, 1.54) is 17.0 Å². The summed E-state index contributed by atoms with van der Waals surface area (Å²) in [5.74, 6) is -1.52. The van der Waals surface area contributed by atoms with Crippen LogP contribution in [-0.2, 0) is 14.3 Å². The second-order valence-corrected chi connectivity index (χ2v) is 8.58. The number of aliphatic hydroxyl groups is 1. The number of morpholine rings is 1. The predicted molar refractivity (Wildman–Crippen MR) is 130 cm³/mol. The number of hydrogen-bond donors (Lipinski definition) is 1. The number of aliphatic hydroxyl groups excluding tert-OH is 1. The first-order chi connectivity index (χ1) is 16.9. The van der Waals surface area contributed by atoms with Gasteiger partial charge in [-0.15, -0.1) is 0 Å². The minimum absolute atomic E-state index is 0.0113. The number of amides is 1. The Balaban J connectivity index is 1.71. The maximum Gasteiger partial charge on any atom is 0.295 e. The normalized spacial score (nSPS) is 20.3. The summed E-state index contributed by atoms with van der Waals surface area (Å²) in [6.07, 6.45) is 1.63. The summed E-state index contributed by atoms with van der Waals surface area (Å²) >= 11 is 0. The van der Waals surface area contributed by atoms with E-state index in [1.807, 2.05) is 6.92 Å². The molecule has 2 aromatic rings. The Morgan fingerprint density at radius 2 is 1.89 bits per heavy atom. The fourth-order valence-corrected chi connectivity index (χ4v) is 4.44. The molecule has 1 N–H and O–H groups in total. The predicted octanol–water partition coefficient (Wildman–Crippen LogP) is 3.45. The molecular weight excluding hydrogens is 451 g/mol. The van der Waals surface area contributed by atoms with Gasteiger partial charge in [-0.25, -0.2) is 4.39 Å². The Morgan fingerprint density at radius 3 is 2.54 bits per heavy atom. The molecule has 2 aliphatic heterocycles. The van der Waals surface area contributed by atoms with Crippen LogP contribution in [0.1, 0.15) is 22.7 Å². The van der Waals surface area contributed by atoms with Crippen LogP contribution in [0.4, 0.5) is 4.39 Å². The van der Waals surface area contributed by atoms with Crippen molar-refractivity contribution in [2.45, 2.75) is 13.0 Å². The van der Waals surface area contributed by atoms with E-state index in [9.17, 15) is 19.1 Å². The molecule has 35 heavy (non-hydrogen) atoms. The van der Waals surface area contributed by atoms with Gasteiger partial charge in [0.1, 0.15) is 23.9 Å². The number of aryl methyl sites for hydroxylation is 1. The van der Waals surface area contributed by atoms with Gasteiger partial charge in [0.15, 0.2) is 0 Å². The molecule has 8 heteroatoms. The molecule has 0 unspecified atom stereocenters. The van der Waals surface area contributed by atoms with Crippen LogP contribution in [0.3, 0.4) is 0 Å². The minimum Gasteiger partial charge on any atom is -0.507 e. The monoisotopic (exact) mass is 480 g/mol. The van der Waals surface area contributed by atoms with Crippen LogP contribution >= 0.6 is 0 Å². The van der Waals surface area contributed by atoms with Gasteiger partial charge in [-0.1, -0.05) is 24.8 Å². The van der Waals surface area contributed by atoms with Crippen molar-refractivity contribution in [3.8, 4) is 5.75 Å². The van der Waals surface area contributed by atoms with Crippen molar-refractivity contribution in [3.05, 3.63) is 83.2 Å². The zero-order chi connectivity index (χ0) is 24.9. The first kappa shape index (κ1) is 24.6. The molecule has 2 heterocycles. The molecule has 2 saturated heterocycles. The highest BCUT2D eigenvalue weighted by molar-refractivity contribution is 6.46. The topological polar surface area (TPSA) is 79.3 Å². The van der Waals surface area contributed by atoms with Crippen LogP contribution in [0, 0.1) is 12.7 Å². The molecule has 2 aromatic carbocycles. The number of nitrogens with zero attached hydrogens (tertiary/aromatic N) is 2. The minimum atomic E-state index is -0.825. The summed E-state index contributed by atoms with van der Waals surface area (Å²) in [5, 5.41) is 11.2. The lowest BCUT2D eigenvalue weighted by atomic mass is 9.94. The van der Waals surface area contributed by atoms with E-state index >= 15 is 0 Å². The van der Waals surface area contributed by atoms with E-state index in [1.54, 1.807) is 36.4 Å². The molecular formula is C27H29FN2O5. The van der Waals surface area contributed by atoms with Gasteiger partial charge in [-0.2, -0.15) is 0 Å². The highest BCUT2D eigenvalue weighted by Gasteiger charge is 2.46. The average molecular weight is 481 g/mol. The SMILES string of the molecule is C=CCOc1ccc(C(O)=C2C(=O)C(=O)N(CCN3CCOCC3)[C@@H]2c2ccc(F)cc2)cc1C. The van der Waals surface area contributed by atoms with Crippen LogP contribution in [-0.4, -0.2) is 72.6 Å². The van der Waals surface area contributed by atoms with Gasteiger partial charge in [-0.3, -0.25) is 14.5 Å². The summed E-state index contributed by atoms with van der Waals surface area (Å²) in [6.45, 7) is 9.36. The zero-order valence-corrected chi connectivity index (χ0v) is 19.7. The first-order valence-corrected chi connectivity index (χ1v) is 11.6. The van der Waals surface area contributed by atoms with Gasteiger partial charge < -0.3 is 19.5 Å². The Bertz CT molecular complexity index is 1140. The second-order valence-electron chi connectivity index (χ2n) is 8.58. The molecule has 0 spiro atoms. The number of rotatable bonds is 8. The third kappa shape index (κ3) is 5.28. The number of halogens is 1. The molecule has 2 fully saturated rings. The average Bonchev–Trinajstić information content (AvgIpc) is 3.12. The van der Waals surface area contributed by atoms with Crippen LogP contribution < -0.4 is 4.74 Å². The van der Waals surface area contributed by atoms with Crippen molar-refractivity contribution < 1.29 is 28.6 Å². The van der Waals surface area contributed by atoms with E-state index in [0.29, 0.717) is 43.2 Å². The summed E-state index contributed by atoms with van der Waals surface area (Å²) in [6, 6.07) is 9.88. The van der Waals surface area contributed by atoms with E-state index in [4.69, 9.17) is 9.47 Å². The molecule has 1 atom stereocenters. The second kappa shape index (κ2) is 10.8. The number of Topliss-reactive ketones (excluding diaryl/α,β-unsaturated/α-hetero) is 1. The van der Waals surface area contributed by atoms with Gasteiger partial charge >= 0.3 is 0 Å². The van der Waals surface area contributed by atoms with E-state index in [-0.39, 0.29) is 17.9 Å². The number of hydrogen-bond acceptors (Lipinski definition) is 6. The number of ether oxygens (including phenoxy) is 2. The lowest BCUT2D eigenvalue weighted by molar-refractivity contribution is -0.140. The highest BCUT2D eigenvalue weighted by atomic mass is 19.1. The molecule has 1 amide bonds. The van der Waals surface area contributed by atoms with Crippen molar-refractivity contribution in [3.63, 3.8) is 0 Å². The van der Waals surface area contributed by atoms with Gasteiger partial charge in [0.25, 0.3) is 11.7 Å². The van der Waals surface area contributed by atoms with Gasteiger partial charge in [0, 0.05) is 31.7 Å². The van der Waals surface area contributed by atoms with Crippen molar-refractivity contribution in [1.29, 1.82) is 0 Å². The van der Waals surface area contributed by atoms with Crippen molar-refractivity contribution in [1.82, 2.24) is 9.80 Å². The Morgan fingerprint density at radius 1 is 1.17 bits per heavy atom. The number of carbonyl (C=O) groups is 2. The molecule has 0 aliphatic carbocycles. The molecule has 4 rings (SSSR count). The largest absolute Gasteiger partial charge is 0.507 e. The number of carbonyl (C=O) groups excluding carboxylic acids is 2. The standard InChI is InChI=1S/C27H29FN2O5/c1-3-14-35-22-9-6-20(17-18(22)2)25(31)23-24(19-4-7-21(28)8-5-19)30(27(33)26(23)32)11-10-29-12-15-34-16-13-29/h3-9,17,24,31H,1,10-16H2,2H3/t24-/m1/s1. The van der Waals surface area contributed by atoms with Crippen LogP contribution in [0.2, 0.25) is 0 Å². The summed E-state index contributed by atoms with van der Waals surface area (Å²) < 4.78 is 24.6. The molecule has 0 bridgehead atoms. The molecule has 0 saturated carbocycles.